The summed E-state index contributed by atoms with van der Waals surface area (Å²) in [5, 5.41) is 6.70. The van der Waals surface area contributed by atoms with Crippen LogP contribution in [0.4, 0.5) is 0 Å². The lowest BCUT2D eigenvalue weighted by atomic mass is 9.84. The van der Waals surface area contributed by atoms with E-state index in [0.717, 1.165) is 69.4 Å². The summed E-state index contributed by atoms with van der Waals surface area (Å²) in [5.41, 5.74) is 1.10. The number of methoxy groups -OCH3 is 1. The molecule has 0 radical (unpaired) electrons. The first-order chi connectivity index (χ1) is 13.7. The van der Waals surface area contributed by atoms with Gasteiger partial charge in [-0.2, -0.15) is 0 Å². The molecule has 7 heteroatoms. The van der Waals surface area contributed by atoms with E-state index in [1.807, 2.05) is 24.3 Å². The Bertz CT molecular complexity index is 667. The van der Waals surface area contributed by atoms with E-state index in [1.54, 1.807) is 14.2 Å². The predicted octanol–water partition coefficient (Wildman–Crippen LogP) is 1.30. The van der Waals surface area contributed by atoms with E-state index >= 15 is 0 Å². The molecule has 1 heterocycles. The molecular formula is C21H33N5O2. The average molecular weight is 388 g/mol. The van der Waals surface area contributed by atoms with E-state index in [0.29, 0.717) is 18.4 Å². The van der Waals surface area contributed by atoms with Gasteiger partial charge in [0.15, 0.2) is 5.96 Å². The van der Waals surface area contributed by atoms with Crippen LogP contribution in [0, 0.1) is 5.92 Å². The van der Waals surface area contributed by atoms with Crippen LogP contribution in [-0.4, -0.2) is 75.1 Å². The summed E-state index contributed by atoms with van der Waals surface area (Å²) in [6.07, 6.45) is 3.39. The number of para-hydroxylation sites is 1. The molecule has 1 aliphatic carbocycles. The molecule has 0 atom stereocenters. The molecule has 1 saturated carbocycles. The summed E-state index contributed by atoms with van der Waals surface area (Å²) >= 11 is 0. The van der Waals surface area contributed by atoms with Crippen molar-refractivity contribution in [3.05, 3.63) is 29.8 Å². The molecule has 1 aromatic carbocycles. The lowest BCUT2D eigenvalue weighted by Crippen LogP contribution is -2.52. The van der Waals surface area contributed by atoms with Crippen molar-refractivity contribution in [3.63, 3.8) is 0 Å². The number of hydrogen-bond acceptors (Lipinski definition) is 4. The topological polar surface area (TPSA) is 69.2 Å². The lowest BCUT2D eigenvalue weighted by Gasteiger charge is -2.38. The maximum absolute atomic E-state index is 12.3. The molecule has 154 valence electrons. The number of aliphatic imine (C=N–C) groups is 1. The number of carbonyl (C=O) groups excluding carboxylic acids is 1. The second-order valence-corrected chi connectivity index (χ2v) is 7.46. The van der Waals surface area contributed by atoms with Gasteiger partial charge >= 0.3 is 0 Å². The van der Waals surface area contributed by atoms with Gasteiger partial charge in [0.1, 0.15) is 5.75 Å². The summed E-state index contributed by atoms with van der Waals surface area (Å²) in [5.74, 6) is 2.35. The van der Waals surface area contributed by atoms with Crippen molar-refractivity contribution in [1.29, 1.82) is 0 Å². The minimum Gasteiger partial charge on any atom is -0.496 e. The van der Waals surface area contributed by atoms with Crippen LogP contribution in [-0.2, 0) is 11.3 Å². The third-order valence-corrected chi connectivity index (χ3v) is 5.72. The minimum absolute atomic E-state index is 0.311. The average Bonchev–Trinajstić information content (AvgIpc) is 2.70. The summed E-state index contributed by atoms with van der Waals surface area (Å²) in [4.78, 5) is 21.1. The second kappa shape index (κ2) is 10.3. The zero-order valence-electron chi connectivity index (χ0n) is 17.1. The summed E-state index contributed by atoms with van der Waals surface area (Å²) < 4.78 is 5.39. The molecule has 2 N–H and O–H groups in total. The van der Waals surface area contributed by atoms with E-state index in [-0.39, 0.29) is 0 Å². The number of nitrogens with one attached hydrogen (secondary N) is 2. The smallest absolute Gasteiger partial charge is 0.225 e. The first-order valence-corrected chi connectivity index (χ1v) is 10.3. The molecule has 1 amide bonds. The Kier molecular flexibility index (Phi) is 7.54. The monoisotopic (exact) mass is 387 g/mol. The molecule has 2 fully saturated rings. The lowest BCUT2D eigenvalue weighted by molar-refractivity contribution is -0.139. The summed E-state index contributed by atoms with van der Waals surface area (Å²) in [7, 11) is 3.47. The van der Waals surface area contributed by atoms with Crippen LogP contribution < -0.4 is 15.4 Å². The number of rotatable bonds is 7. The number of guanidine groups is 1. The molecule has 7 nitrogen and oxygen atoms in total. The second-order valence-electron chi connectivity index (χ2n) is 7.46. The van der Waals surface area contributed by atoms with Gasteiger partial charge in [-0.3, -0.25) is 14.7 Å². The molecule has 0 aromatic heterocycles. The molecule has 1 aliphatic heterocycles. The van der Waals surface area contributed by atoms with Crippen molar-refractivity contribution >= 4 is 11.9 Å². The number of piperazine rings is 1. The molecular weight excluding hydrogens is 354 g/mol. The minimum atomic E-state index is 0.311. The Morgan fingerprint density at radius 2 is 1.93 bits per heavy atom. The summed E-state index contributed by atoms with van der Waals surface area (Å²) in [6, 6.07) is 7.98. The number of ether oxygens (including phenoxy) is 1. The first-order valence-electron chi connectivity index (χ1n) is 10.3. The number of amides is 1. The molecule has 2 aliphatic rings. The predicted molar refractivity (Wildman–Crippen MR) is 112 cm³/mol. The van der Waals surface area contributed by atoms with E-state index in [9.17, 15) is 4.79 Å². The van der Waals surface area contributed by atoms with Crippen LogP contribution in [0.15, 0.2) is 29.3 Å². The van der Waals surface area contributed by atoms with E-state index < -0.39 is 0 Å². The van der Waals surface area contributed by atoms with Gasteiger partial charge in [0.2, 0.25) is 5.91 Å². The maximum atomic E-state index is 12.3. The Labute approximate surface area is 168 Å². The van der Waals surface area contributed by atoms with Gasteiger partial charge in [-0.05, 0) is 18.9 Å². The Balaban J connectivity index is 1.34. The van der Waals surface area contributed by atoms with Crippen LogP contribution in [0.5, 0.6) is 5.75 Å². The normalized spacial score (nSPS) is 18.5. The molecule has 0 bridgehead atoms. The third kappa shape index (κ3) is 5.38. The Morgan fingerprint density at radius 1 is 1.18 bits per heavy atom. The van der Waals surface area contributed by atoms with Gasteiger partial charge in [0.25, 0.3) is 0 Å². The number of carbonyl (C=O) groups is 1. The van der Waals surface area contributed by atoms with Crippen molar-refractivity contribution in [2.75, 3.05) is 53.4 Å². The molecule has 1 saturated heterocycles. The molecule has 1 aromatic rings. The zero-order valence-corrected chi connectivity index (χ0v) is 17.1. The van der Waals surface area contributed by atoms with Crippen molar-refractivity contribution in [2.24, 2.45) is 10.9 Å². The number of hydrogen-bond donors (Lipinski definition) is 2. The van der Waals surface area contributed by atoms with Gasteiger partial charge in [-0.25, -0.2) is 0 Å². The van der Waals surface area contributed by atoms with Crippen LogP contribution in [0.2, 0.25) is 0 Å². The largest absolute Gasteiger partial charge is 0.496 e. The van der Waals surface area contributed by atoms with Crippen LogP contribution >= 0.6 is 0 Å². The van der Waals surface area contributed by atoms with Crippen molar-refractivity contribution in [1.82, 2.24) is 20.4 Å². The van der Waals surface area contributed by atoms with Crippen molar-refractivity contribution in [3.8, 4) is 5.75 Å². The summed E-state index contributed by atoms with van der Waals surface area (Å²) in [6.45, 7) is 6.04. The SMILES string of the molecule is CN=C(NCCN1CCN(C(=O)C2CCC2)CC1)NCc1ccccc1OC. The molecule has 0 unspecified atom stereocenters. The number of benzene rings is 1. The fraction of sp³-hybridized carbons (Fsp3) is 0.619. The van der Waals surface area contributed by atoms with Crippen LogP contribution in [0.25, 0.3) is 0 Å². The van der Waals surface area contributed by atoms with E-state index in [4.69, 9.17) is 4.74 Å². The highest BCUT2D eigenvalue weighted by atomic mass is 16.5. The highest BCUT2D eigenvalue weighted by molar-refractivity contribution is 5.80. The van der Waals surface area contributed by atoms with E-state index in [1.165, 1.54) is 6.42 Å². The third-order valence-electron chi connectivity index (χ3n) is 5.72. The highest BCUT2D eigenvalue weighted by Gasteiger charge is 2.30. The Hall–Kier alpha value is -2.28. The van der Waals surface area contributed by atoms with Gasteiger partial charge in [0.05, 0.1) is 7.11 Å². The molecule has 3 rings (SSSR count). The number of nitrogens with zero attached hydrogens (tertiary/aromatic N) is 3. The zero-order chi connectivity index (χ0) is 19.8. The fourth-order valence-electron chi connectivity index (χ4n) is 3.69. The quantitative estimate of drug-likeness (QED) is 0.545. The fourth-order valence-corrected chi connectivity index (χ4v) is 3.69. The van der Waals surface area contributed by atoms with Crippen molar-refractivity contribution < 1.29 is 9.53 Å². The van der Waals surface area contributed by atoms with Crippen molar-refractivity contribution in [2.45, 2.75) is 25.8 Å². The molecule has 28 heavy (non-hydrogen) atoms. The van der Waals surface area contributed by atoms with Gasteiger partial charge < -0.3 is 20.3 Å². The standard InChI is InChI=1S/C21H33N5O2/c1-22-21(24-16-18-6-3-4-9-19(18)28-2)23-10-11-25-12-14-26(15-13-25)20(27)17-7-5-8-17/h3-4,6,9,17H,5,7-8,10-16H2,1-2H3,(H2,22,23,24). The Morgan fingerprint density at radius 3 is 2.57 bits per heavy atom. The van der Waals surface area contributed by atoms with Gasteiger partial charge in [-0.15, -0.1) is 0 Å². The van der Waals surface area contributed by atoms with Gasteiger partial charge in [0, 0.05) is 64.3 Å². The molecule has 0 spiro atoms. The first kappa shape index (κ1) is 20.5. The van der Waals surface area contributed by atoms with Crippen LogP contribution in [0.3, 0.4) is 0 Å². The van der Waals surface area contributed by atoms with Crippen LogP contribution in [0.1, 0.15) is 24.8 Å². The van der Waals surface area contributed by atoms with E-state index in [2.05, 4.69) is 25.4 Å². The van der Waals surface area contributed by atoms with Gasteiger partial charge in [-0.1, -0.05) is 24.6 Å². The maximum Gasteiger partial charge on any atom is 0.225 e. The highest BCUT2D eigenvalue weighted by Crippen LogP contribution is 2.28.